The zero-order valence-electron chi connectivity index (χ0n) is 9.21. The van der Waals surface area contributed by atoms with Crippen molar-refractivity contribution >= 4 is 0 Å². The number of benzene rings is 1. The molecule has 0 aliphatic carbocycles. The summed E-state index contributed by atoms with van der Waals surface area (Å²) in [5, 5.41) is 3.12. The summed E-state index contributed by atoms with van der Waals surface area (Å²) in [6, 6.07) is 8.12. The molecule has 2 nitrogen and oxygen atoms in total. The summed E-state index contributed by atoms with van der Waals surface area (Å²) in [4.78, 5) is 0. The van der Waals surface area contributed by atoms with Gasteiger partial charge in [-0.15, -0.1) is 0 Å². The van der Waals surface area contributed by atoms with Crippen LogP contribution in [0.1, 0.15) is 18.9 Å². The second-order valence-electron chi connectivity index (χ2n) is 3.59. The molecule has 1 N–H and O–H groups in total. The van der Waals surface area contributed by atoms with E-state index in [1.807, 2.05) is 25.2 Å². The smallest absolute Gasteiger partial charge is 0.122 e. The Morgan fingerprint density at radius 3 is 2.71 bits per heavy atom. The van der Waals surface area contributed by atoms with Gasteiger partial charge in [0.25, 0.3) is 0 Å². The molecule has 1 atom stereocenters. The van der Waals surface area contributed by atoms with Crippen molar-refractivity contribution in [1.29, 1.82) is 0 Å². The fraction of sp³-hybridized carbons (Fsp3) is 0.500. The highest BCUT2D eigenvalue weighted by Crippen LogP contribution is 2.18. The van der Waals surface area contributed by atoms with Gasteiger partial charge in [-0.2, -0.15) is 0 Å². The van der Waals surface area contributed by atoms with E-state index >= 15 is 0 Å². The van der Waals surface area contributed by atoms with E-state index < -0.39 is 0 Å². The van der Waals surface area contributed by atoms with Crippen LogP contribution in [0.5, 0.6) is 5.75 Å². The molecule has 0 saturated carbocycles. The Morgan fingerprint density at radius 1 is 1.36 bits per heavy atom. The molecule has 0 saturated heterocycles. The average molecular weight is 193 g/mol. The highest BCUT2D eigenvalue weighted by molar-refractivity contribution is 5.31. The number of nitrogens with one attached hydrogen (secondary N) is 1. The Kier molecular flexibility index (Phi) is 4.47. The van der Waals surface area contributed by atoms with Crippen LogP contribution in [0.25, 0.3) is 0 Å². The first-order chi connectivity index (χ1) is 6.74. The van der Waals surface area contributed by atoms with Crippen molar-refractivity contribution in [3.8, 4) is 5.75 Å². The van der Waals surface area contributed by atoms with E-state index in [0.717, 1.165) is 18.7 Å². The molecule has 0 amide bonds. The van der Waals surface area contributed by atoms with Crippen LogP contribution in [0.4, 0.5) is 0 Å². The van der Waals surface area contributed by atoms with Crippen molar-refractivity contribution in [2.24, 2.45) is 0 Å². The lowest BCUT2D eigenvalue weighted by Gasteiger charge is -2.15. The minimum absolute atomic E-state index is 0.267. The maximum atomic E-state index is 5.81. The Labute approximate surface area is 86.3 Å². The molecular weight excluding hydrogens is 174 g/mol. The number of ether oxygens (including phenoxy) is 1. The van der Waals surface area contributed by atoms with E-state index in [-0.39, 0.29) is 6.10 Å². The van der Waals surface area contributed by atoms with Crippen LogP contribution in [-0.2, 0) is 0 Å². The average Bonchev–Trinajstić information content (AvgIpc) is 2.18. The van der Waals surface area contributed by atoms with Crippen LogP contribution >= 0.6 is 0 Å². The molecule has 14 heavy (non-hydrogen) atoms. The van der Waals surface area contributed by atoms with Gasteiger partial charge in [-0.1, -0.05) is 18.2 Å². The standard InChI is InChI=1S/C12H19NO/c1-10-6-4-5-7-12(10)14-11(2)8-9-13-3/h4-7,11,13H,8-9H2,1-3H3. The second-order valence-corrected chi connectivity index (χ2v) is 3.59. The first-order valence-electron chi connectivity index (χ1n) is 5.11. The third-order valence-corrected chi connectivity index (χ3v) is 2.22. The normalized spacial score (nSPS) is 12.5. The van der Waals surface area contributed by atoms with Gasteiger partial charge in [0.15, 0.2) is 0 Å². The fourth-order valence-electron chi connectivity index (χ4n) is 1.31. The summed E-state index contributed by atoms with van der Waals surface area (Å²) in [6.07, 6.45) is 1.30. The molecule has 1 unspecified atom stereocenters. The molecule has 0 radical (unpaired) electrons. The molecule has 0 aliphatic rings. The van der Waals surface area contributed by atoms with Crippen LogP contribution in [0, 0.1) is 6.92 Å². The van der Waals surface area contributed by atoms with Crippen molar-refractivity contribution in [1.82, 2.24) is 5.32 Å². The first-order valence-corrected chi connectivity index (χ1v) is 5.11. The molecule has 2 heteroatoms. The van der Waals surface area contributed by atoms with Crippen LogP contribution < -0.4 is 10.1 Å². The maximum Gasteiger partial charge on any atom is 0.122 e. The van der Waals surface area contributed by atoms with E-state index in [0.29, 0.717) is 0 Å². The highest BCUT2D eigenvalue weighted by atomic mass is 16.5. The third kappa shape index (κ3) is 3.38. The first kappa shape index (κ1) is 11.1. The van der Waals surface area contributed by atoms with E-state index in [4.69, 9.17) is 4.74 Å². The van der Waals surface area contributed by atoms with Crippen LogP contribution in [-0.4, -0.2) is 19.7 Å². The summed E-state index contributed by atoms with van der Waals surface area (Å²) in [5.74, 6) is 0.996. The van der Waals surface area contributed by atoms with Crippen molar-refractivity contribution in [2.75, 3.05) is 13.6 Å². The van der Waals surface area contributed by atoms with Gasteiger partial charge in [0, 0.05) is 0 Å². The minimum Gasteiger partial charge on any atom is -0.490 e. The molecular formula is C12H19NO. The Morgan fingerprint density at radius 2 is 2.07 bits per heavy atom. The third-order valence-electron chi connectivity index (χ3n) is 2.22. The fourth-order valence-corrected chi connectivity index (χ4v) is 1.31. The van der Waals surface area contributed by atoms with Gasteiger partial charge >= 0.3 is 0 Å². The van der Waals surface area contributed by atoms with Gasteiger partial charge in [0.05, 0.1) is 6.10 Å². The summed E-state index contributed by atoms with van der Waals surface area (Å²) in [5.41, 5.74) is 1.20. The number of rotatable bonds is 5. The summed E-state index contributed by atoms with van der Waals surface area (Å²) < 4.78 is 5.81. The van der Waals surface area contributed by atoms with E-state index in [1.165, 1.54) is 5.56 Å². The van der Waals surface area contributed by atoms with Crippen molar-refractivity contribution in [3.63, 3.8) is 0 Å². The molecule has 1 aromatic rings. The van der Waals surface area contributed by atoms with Crippen LogP contribution in [0.3, 0.4) is 0 Å². The monoisotopic (exact) mass is 193 g/mol. The summed E-state index contributed by atoms with van der Waals surface area (Å²) in [7, 11) is 1.96. The highest BCUT2D eigenvalue weighted by Gasteiger charge is 2.04. The summed E-state index contributed by atoms with van der Waals surface area (Å²) in [6.45, 7) is 5.16. The zero-order valence-corrected chi connectivity index (χ0v) is 9.21. The SMILES string of the molecule is CNCCC(C)Oc1ccccc1C. The molecule has 0 heterocycles. The summed E-state index contributed by atoms with van der Waals surface area (Å²) >= 11 is 0. The molecule has 0 bridgehead atoms. The Hall–Kier alpha value is -1.02. The predicted molar refractivity (Wildman–Crippen MR) is 59.8 cm³/mol. The molecule has 0 aromatic heterocycles. The Balaban J connectivity index is 2.47. The molecule has 0 aliphatic heterocycles. The lowest BCUT2D eigenvalue weighted by atomic mass is 10.2. The van der Waals surface area contributed by atoms with Gasteiger partial charge in [0.2, 0.25) is 0 Å². The van der Waals surface area contributed by atoms with Crippen molar-refractivity contribution in [3.05, 3.63) is 29.8 Å². The zero-order chi connectivity index (χ0) is 10.4. The van der Waals surface area contributed by atoms with Gasteiger partial charge in [-0.05, 0) is 45.5 Å². The molecule has 0 spiro atoms. The largest absolute Gasteiger partial charge is 0.490 e. The number of hydrogen-bond acceptors (Lipinski definition) is 2. The van der Waals surface area contributed by atoms with Crippen LogP contribution in [0.15, 0.2) is 24.3 Å². The second kappa shape index (κ2) is 5.66. The van der Waals surface area contributed by atoms with Crippen LogP contribution in [0.2, 0.25) is 0 Å². The quantitative estimate of drug-likeness (QED) is 0.775. The predicted octanol–water partition coefficient (Wildman–Crippen LogP) is 2.37. The topological polar surface area (TPSA) is 21.3 Å². The van der Waals surface area contributed by atoms with Crippen molar-refractivity contribution in [2.45, 2.75) is 26.4 Å². The molecule has 78 valence electrons. The lowest BCUT2D eigenvalue weighted by Crippen LogP contribution is -2.19. The lowest BCUT2D eigenvalue weighted by molar-refractivity contribution is 0.209. The van der Waals surface area contributed by atoms with Gasteiger partial charge in [-0.25, -0.2) is 0 Å². The minimum atomic E-state index is 0.267. The van der Waals surface area contributed by atoms with Gasteiger partial charge < -0.3 is 10.1 Å². The molecule has 1 rings (SSSR count). The van der Waals surface area contributed by atoms with Crippen molar-refractivity contribution < 1.29 is 4.74 Å². The number of hydrogen-bond donors (Lipinski definition) is 1. The van der Waals surface area contributed by atoms with Gasteiger partial charge in [0.1, 0.15) is 5.75 Å². The van der Waals surface area contributed by atoms with E-state index in [9.17, 15) is 0 Å². The van der Waals surface area contributed by atoms with Gasteiger partial charge in [-0.3, -0.25) is 0 Å². The number of aryl methyl sites for hydroxylation is 1. The maximum absolute atomic E-state index is 5.81. The molecule has 1 aromatic carbocycles. The van der Waals surface area contributed by atoms with E-state index in [1.54, 1.807) is 0 Å². The molecule has 0 fully saturated rings. The van der Waals surface area contributed by atoms with E-state index in [2.05, 4.69) is 25.2 Å². The Bertz CT molecular complexity index is 273. The number of para-hydroxylation sites is 1.